The van der Waals surface area contributed by atoms with Crippen molar-refractivity contribution in [3.8, 4) is 0 Å². The van der Waals surface area contributed by atoms with E-state index in [9.17, 15) is 4.79 Å². The lowest BCUT2D eigenvalue weighted by Gasteiger charge is -2.19. The summed E-state index contributed by atoms with van der Waals surface area (Å²) in [4.78, 5) is 18.2. The number of amides is 1. The van der Waals surface area contributed by atoms with E-state index in [1.54, 1.807) is 7.05 Å². The molecule has 0 radical (unpaired) electrons. The molecule has 2 N–H and O–H groups in total. The van der Waals surface area contributed by atoms with Gasteiger partial charge in [0, 0.05) is 52.9 Å². The molecule has 7 nitrogen and oxygen atoms in total. The molecular formula is C21H32N4O3. The number of nitrogens with one attached hydrogen (secondary N) is 2. The number of ether oxygens (including phenoxy) is 2. The van der Waals surface area contributed by atoms with Crippen LogP contribution in [0.5, 0.6) is 0 Å². The average Bonchev–Trinajstić information content (AvgIpc) is 3.37. The van der Waals surface area contributed by atoms with Crippen LogP contribution in [0.3, 0.4) is 0 Å². The summed E-state index contributed by atoms with van der Waals surface area (Å²) < 4.78 is 11.1. The molecule has 154 valence electrons. The molecule has 1 unspecified atom stereocenters. The molecular weight excluding hydrogens is 356 g/mol. The molecule has 1 amide bonds. The second-order valence-corrected chi connectivity index (χ2v) is 7.25. The average molecular weight is 389 g/mol. The highest BCUT2D eigenvalue weighted by Crippen LogP contribution is 2.17. The molecule has 3 rings (SSSR count). The maximum atomic E-state index is 11.9. The third kappa shape index (κ3) is 6.21. The lowest BCUT2D eigenvalue weighted by atomic mass is 10.1. The molecule has 1 aromatic carbocycles. The predicted octanol–water partition coefficient (Wildman–Crippen LogP) is 1.67. The standard InChI is InChI=1S/C21H32N4O3/c1-22-21(23-10-5-12-28-19-9-13-27-16-19)24-14-17-6-2-3-7-18(17)15-25-11-4-8-20(25)26/h2-3,6-7,19H,4-5,8-16H2,1H3,(H2,22,23,24). The fraction of sp³-hybridized carbons (Fsp3) is 0.619. The number of carbonyl (C=O) groups is 1. The Morgan fingerprint density at radius 3 is 2.89 bits per heavy atom. The molecule has 2 heterocycles. The Morgan fingerprint density at radius 2 is 2.18 bits per heavy atom. The lowest BCUT2D eigenvalue weighted by molar-refractivity contribution is -0.128. The number of rotatable bonds is 9. The number of benzene rings is 1. The van der Waals surface area contributed by atoms with Gasteiger partial charge >= 0.3 is 0 Å². The van der Waals surface area contributed by atoms with Crippen LogP contribution in [-0.2, 0) is 27.4 Å². The van der Waals surface area contributed by atoms with Gasteiger partial charge in [0.2, 0.25) is 5.91 Å². The highest BCUT2D eigenvalue weighted by atomic mass is 16.5. The van der Waals surface area contributed by atoms with Crippen LogP contribution in [-0.4, -0.2) is 62.8 Å². The Kier molecular flexibility index (Phi) is 8.11. The molecule has 0 bridgehead atoms. The van der Waals surface area contributed by atoms with Crippen molar-refractivity contribution >= 4 is 11.9 Å². The van der Waals surface area contributed by atoms with Crippen molar-refractivity contribution in [1.29, 1.82) is 0 Å². The summed E-state index contributed by atoms with van der Waals surface area (Å²) in [5.74, 6) is 1.03. The molecule has 2 fully saturated rings. The van der Waals surface area contributed by atoms with E-state index in [2.05, 4.69) is 27.8 Å². The van der Waals surface area contributed by atoms with E-state index in [1.807, 2.05) is 17.0 Å². The third-order valence-electron chi connectivity index (χ3n) is 5.18. The molecule has 28 heavy (non-hydrogen) atoms. The van der Waals surface area contributed by atoms with E-state index in [0.717, 1.165) is 58.1 Å². The van der Waals surface area contributed by atoms with Crippen LogP contribution in [0.4, 0.5) is 0 Å². The van der Waals surface area contributed by atoms with Gasteiger partial charge in [-0.2, -0.15) is 0 Å². The summed E-state index contributed by atoms with van der Waals surface area (Å²) in [5.41, 5.74) is 2.38. The van der Waals surface area contributed by atoms with E-state index in [1.165, 1.54) is 11.1 Å². The molecule has 0 aliphatic carbocycles. The number of aliphatic imine (C=N–C) groups is 1. The summed E-state index contributed by atoms with van der Waals surface area (Å²) >= 11 is 0. The number of hydrogen-bond acceptors (Lipinski definition) is 4. The fourth-order valence-electron chi connectivity index (χ4n) is 3.53. The summed E-state index contributed by atoms with van der Waals surface area (Å²) in [6.07, 6.45) is 3.82. The smallest absolute Gasteiger partial charge is 0.222 e. The second-order valence-electron chi connectivity index (χ2n) is 7.25. The van der Waals surface area contributed by atoms with Gasteiger partial charge in [0.15, 0.2) is 5.96 Å². The van der Waals surface area contributed by atoms with Crippen LogP contribution in [0.2, 0.25) is 0 Å². The van der Waals surface area contributed by atoms with Gasteiger partial charge < -0.3 is 25.0 Å². The Labute approximate surface area is 167 Å². The molecule has 1 aromatic rings. The normalized spacial score (nSPS) is 20.0. The Balaban J connectivity index is 1.40. The van der Waals surface area contributed by atoms with Gasteiger partial charge in [-0.3, -0.25) is 9.79 Å². The first-order chi connectivity index (χ1) is 13.8. The van der Waals surface area contributed by atoms with Crippen LogP contribution < -0.4 is 10.6 Å². The van der Waals surface area contributed by atoms with Gasteiger partial charge in [-0.25, -0.2) is 0 Å². The molecule has 2 aliphatic rings. The molecule has 2 saturated heterocycles. The number of nitrogens with zero attached hydrogens (tertiary/aromatic N) is 2. The zero-order valence-corrected chi connectivity index (χ0v) is 16.8. The molecule has 2 aliphatic heterocycles. The highest BCUT2D eigenvalue weighted by molar-refractivity contribution is 5.79. The Morgan fingerprint density at radius 1 is 1.32 bits per heavy atom. The van der Waals surface area contributed by atoms with Crippen LogP contribution in [0.15, 0.2) is 29.3 Å². The van der Waals surface area contributed by atoms with Crippen LogP contribution >= 0.6 is 0 Å². The lowest BCUT2D eigenvalue weighted by Crippen LogP contribution is -2.38. The first-order valence-electron chi connectivity index (χ1n) is 10.2. The summed E-state index contributed by atoms with van der Waals surface area (Å²) in [6, 6.07) is 8.27. The molecule has 0 spiro atoms. The minimum absolute atomic E-state index is 0.256. The van der Waals surface area contributed by atoms with Crippen molar-refractivity contribution in [3.05, 3.63) is 35.4 Å². The van der Waals surface area contributed by atoms with Crippen LogP contribution in [0.25, 0.3) is 0 Å². The first kappa shape index (κ1) is 20.6. The van der Waals surface area contributed by atoms with Gasteiger partial charge in [0.05, 0.1) is 12.7 Å². The molecule has 1 atom stereocenters. The zero-order valence-electron chi connectivity index (χ0n) is 16.8. The largest absolute Gasteiger partial charge is 0.379 e. The zero-order chi connectivity index (χ0) is 19.6. The van der Waals surface area contributed by atoms with Gasteiger partial charge in [0.25, 0.3) is 0 Å². The predicted molar refractivity (Wildman–Crippen MR) is 109 cm³/mol. The van der Waals surface area contributed by atoms with E-state index < -0.39 is 0 Å². The van der Waals surface area contributed by atoms with Crippen molar-refractivity contribution in [2.45, 2.75) is 44.9 Å². The number of likely N-dealkylation sites (tertiary alicyclic amines) is 1. The fourth-order valence-corrected chi connectivity index (χ4v) is 3.53. The minimum Gasteiger partial charge on any atom is -0.379 e. The van der Waals surface area contributed by atoms with Crippen molar-refractivity contribution in [2.24, 2.45) is 4.99 Å². The molecule has 0 aromatic heterocycles. The van der Waals surface area contributed by atoms with Gasteiger partial charge in [-0.15, -0.1) is 0 Å². The molecule has 0 saturated carbocycles. The minimum atomic E-state index is 0.256. The topological polar surface area (TPSA) is 75.2 Å². The van der Waals surface area contributed by atoms with E-state index in [0.29, 0.717) is 19.5 Å². The summed E-state index contributed by atoms with van der Waals surface area (Å²) in [6.45, 7) is 5.28. The number of hydrogen-bond donors (Lipinski definition) is 2. The maximum Gasteiger partial charge on any atom is 0.222 e. The summed E-state index contributed by atoms with van der Waals surface area (Å²) in [5, 5.41) is 6.70. The van der Waals surface area contributed by atoms with Crippen LogP contribution in [0.1, 0.15) is 36.8 Å². The first-order valence-corrected chi connectivity index (χ1v) is 10.2. The molecule has 7 heteroatoms. The SMILES string of the molecule is CN=C(NCCCOC1CCOC1)NCc1ccccc1CN1CCCC1=O. The summed E-state index contributed by atoms with van der Waals surface area (Å²) in [7, 11) is 1.77. The van der Waals surface area contributed by atoms with E-state index in [4.69, 9.17) is 9.47 Å². The Hall–Kier alpha value is -2.12. The van der Waals surface area contributed by atoms with Crippen molar-refractivity contribution in [1.82, 2.24) is 15.5 Å². The monoisotopic (exact) mass is 388 g/mol. The van der Waals surface area contributed by atoms with E-state index >= 15 is 0 Å². The number of guanidine groups is 1. The highest BCUT2D eigenvalue weighted by Gasteiger charge is 2.20. The number of carbonyl (C=O) groups excluding carboxylic acids is 1. The third-order valence-corrected chi connectivity index (χ3v) is 5.18. The van der Waals surface area contributed by atoms with Crippen molar-refractivity contribution in [3.63, 3.8) is 0 Å². The Bertz CT molecular complexity index is 659. The van der Waals surface area contributed by atoms with Gasteiger partial charge in [-0.1, -0.05) is 24.3 Å². The maximum absolute atomic E-state index is 11.9. The van der Waals surface area contributed by atoms with Crippen molar-refractivity contribution in [2.75, 3.05) is 40.0 Å². The van der Waals surface area contributed by atoms with E-state index in [-0.39, 0.29) is 12.0 Å². The van der Waals surface area contributed by atoms with Gasteiger partial charge in [-0.05, 0) is 30.4 Å². The van der Waals surface area contributed by atoms with Gasteiger partial charge in [0.1, 0.15) is 0 Å². The quantitative estimate of drug-likeness (QED) is 0.382. The second kappa shape index (κ2) is 11.0. The van der Waals surface area contributed by atoms with Crippen LogP contribution in [0, 0.1) is 0 Å². The van der Waals surface area contributed by atoms with Crippen molar-refractivity contribution < 1.29 is 14.3 Å².